The van der Waals surface area contributed by atoms with Crippen LogP contribution in [-0.2, 0) is 9.53 Å². The summed E-state index contributed by atoms with van der Waals surface area (Å²) in [6.07, 6.45) is 2.93. The predicted octanol–water partition coefficient (Wildman–Crippen LogP) is -1.40. The number of hydrazine groups is 1. The number of nitrogens with zero attached hydrogens (tertiary/aromatic N) is 1. The number of nitrogens with one attached hydrogen (secondary N) is 2. The highest BCUT2D eigenvalue weighted by Crippen LogP contribution is 2.10. The maximum Gasteiger partial charge on any atom is 0.253 e. The van der Waals surface area contributed by atoms with Gasteiger partial charge in [-0.15, -0.1) is 0 Å². The molecular weight excluding hydrogens is 238 g/mol. The van der Waals surface area contributed by atoms with E-state index in [1.807, 2.05) is 0 Å². The summed E-state index contributed by atoms with van der Waals surface area (Å²) >= 11 is 0. The van der Waals surface area contributed by atoms with E-state index in [4.69, 9.17) is 16.3 Å². The summed E-state index contributed by atoms with van der Waals surface area (Å²) in [4.78, 5) is 26.0. The van der Waals surface area contributed by atoms with Crippen molar-refractivity contribution in [3.8, 4) is 0 Å². The standard InChI is InChI=1S/C10H15N5O3/c11-9(16)6-18-4-3-14-10(17)7-1-2-13-5-8(7)15-12/h1-2,5,15H,3-4,6,12H2,(H2,11,16)(H,14,17). The van der Waals surface area contributed by atoms with E-state index in [1.54, 1.807) is 0 Å². The Labute approximate surface area is 104 Å². The zero-order valence-corrected chi connectivity index (χ0v) is 9.68. The van der Waals surface area contributed by atoms with Crippen LogP contribution in [0.3, 0.4) is 0 Å². The average Bonchev–Trinajstić information content (AvgIpc) is 2.37. The Morgan fingerprint density at radius 3 is 2.89 bits per heavy atom. The van der Waals surface area contributed by atoms with Crippen LogP contribution in [0.15, 0.2) is 18.5 Å². The molecule has 98 valence electrons. The molecule has 0 unspecified atom stereocenters. The number of aromatic nitrogens is 1. The van der Waals surface area contributed by atoms with E-state index in [0.29, 0.717) is 11.3 Å². The van der Waals surface area contributed by atoms with Crippen molar-refractivity contribution in [2.24, 2.45) is 11.6 Å². The van der Waals surface area contributed by atoms with Crippen LogP contribution in [0.25, 0.3) is 0 Å². The molecule has 1 rings (SSSR count). The maximum atomic E-state index is 11.7. The molecule has 2 amide bonds. The fourth-order valence-electron chi connectivity index (χ4n) is 1.21. The zero-order valence-electron chi connectivity index (χ0n) is 9.68. The molecule has 1 aromatic heterocycles. The van der Waals surface area contributed by atoms with Crippen molar-refractivity contribution in [1.29, 1.82) is 0 Å². The highest BCUT2D eigenvalue weighted by molar-refractivity contribution is 5.99. The molecule has 0 radical (unpaired) electrons. The average molecular weight is 253 g/mol. The quantitative estimate of drug-likeness (QED) is 0.268. The van der Waals surface area contributed by atoms with E-state index >= 15 is 0 Å². The summed E-state index contributed by atoms with van der Waals surface area (Å²) in [5, 5.41) is 2.61. The fourth-order valence-corrected chi connectivity index (χ4v) is 1.21. The molecule has 0 aliphatic carbocycles. The van der Waals surface area contributed by atoms with Gasteiger partial charge in [-0.1, -0.05) is 0 Å². The Morgan fingerprint density at radius 2 is 2.22 bits per heavy atom. The summed E-state index contributed by atoms with van der Waals surface area (Å²) in [5.74, 6) is 4.39. The highest BCUT2D eigenvalue weighted by atomic mass is 16.5. The molecule has 0 atom stereocenters. The van der Waals surface area contributed by atoms with Crippen LogP contribution in [0, 0.1) is 0 Å². The number of rotatable bonds is 7. The number of hydrogen-bond donors (Lipinski definition) is 4. The van der Waals surface area contributed by atoms with Crippen molar-refractivity contribution in [1.82, 2.24) is 10.3 Å². The molecule has 0 spiro atoms. The number of nitrogens with two attached hydrogens (primary N) is 2. The Balaban J connectivity index is 2.38. The Kier molecular flexibility index (Phi) is 5.55. The van der Waals surface area contributed by atoms with Crippen molar-refractivity contribution in [3.05, 3.63) is 24.0 Å². The minimum atomic E-state index is -0.551. The number of pyridine rings is 1. The largest absolute Gasteiger partial charge is 0.370 e. The number of nitrogen functional groups attached to an aromatic ring is 1. The topological polar surface area (TPSA) is 132 Å². The number of hydrogen-bond acceptors (Lipinski definition) is 6. The molecule has 0 saturated carbocycles. The lowest BCUT2D eigenvalue weighted by Crippen LogP contribution is -2.29. The van der Waals surface area contributed by atoms with E-state index < -0.39 is 5.91 Å². The Hall–Kier alpha value is -2.19. The maximum absolute atomic E-state index is 11.7. The van der Waals surface area contributed by atoms with Gasteiger partial charge in [-0.25, -0.2) is 0 Å². The summed E-state index contributed by atoms with van der Waals surface area (Å²) < 4.78 is 4.90. The number of amides is 2. The highest BCUT2D eigenvalue weighted by Gasteiger charge is 2.09. The minimum Gasteiger partial charge on any atom is -0.370 e. The van der Waals surface area contributed by atoms with Crippen LogP contribution in [0.2, 0.25) is 0 Å². The molecule has 0 aromatic carbocycles. The fraction of sp³-hybridized carbons (Fsp3) is 0.300. The Bertz CT molecular complexity index is 424. The lowest BCUT2D eigenvalue weighted by atomic mass is 10.2. The number of anilines is 1. The van der Waals surface area contributed by atoms with Gasteiger partial charge in [0.05, 0.1) is 24.1 Å². The first-order valence-corrected chi connectivity index (χ1v) is 5.20. The molecule has 0 aliphatic heterocycles. The van der Waals surface area contributed by atoms with Crippen molar-refractivity contribution >= 4 is 17.5 Å². The lowest BCUT2D eigenvalue weighted by molar-refractivity contribution is -0.122. The summed E-state index contributed by atoms with van der Waals surface area (Å²) in [7, 11) is 0. The third kappa shape index (κ3) is 4.36. The van der Waals surface area contributed by atoms with E-state index in [-0.39, 0.29) is 25.7 Å². The third-order valence-corrected chi connectivity index (χ3v) is 2.00. The van der Waals surface area contributed by atoms with Gasteiger partial charge >= 0.3 is 0 Å². The van der Waals surface area contributed by atoms with Crippen LogP contribution >= 0.6 is 0 Å². The van der Waals surface area contributed by atoms with Crippen LogP contribution in [0.5, 0.6) is 0 Å². The summed E-state index contributed by atoms with van der Waals surface area (Å²) in [6.45, 7) is 0.296. The first-order chi connectivity index (χ1) is 8.65. The van der Waals surface area contributed by atoms with E-state index in [9.17, 15) is 9.59 Å². The van der Waals surface area contributed by atoms with Gasteiger partial charge in [0.2, 0.25) is 5.91 Å². The number of primary amides is 1. The first kappa shape index (κ1) is 13.9. The smallest absolute Gasteiger partial charge is 0.253 e. The molecule has 1 aromatic rings. The van der Waals surface area contributed by atoms with Gasteiger partial charge in [-0.3, -0.25) is 20.4 Å². The summed E-state index contributed by atoms with van der Waals surface area (Å²) in [5.41, 5.74) is 8.06. The Morgan fingerprint density at radius 1 is 1.44 bits per heavy atom. The van der Waals surface area contributed by atoms with E-state index in [1.165, 1.54) is 18.5 Å². The third-order valence-electron chi connectivity index (χ3n) is 2.00. The zero-order chi connectivity index (χ0) is 13.4. The van der Waals surface area contributed by atoms with Crippen molar-refractivity contribution in [3.63, 3.8) is 0 Å². The first-order valence-electron chi connectivity index (χ1n) is 5.20. The van der Waals surface area contributed by atoms with Crippen molar-refractivity contribution < 1.29 is 14.3 Å². The number of ether oxygens (including phenoxy) is 1. The van der Waals surface area contributed by atoms with Crippen LogP contribution in [0.1, 0.15) is 10.4 Å². The predicted molar refractivity (Wildman–Crippen MR) is 64.4 cm³/mol. The number of carbonyl (C=O) groups is 2. The second-order valence-corrected chi connectivity index (χ2v) is 3.34. The molecule has 8 nitrogen and oxygen atoms in total. The summed E-state index contributed by atoms with van der Waals surface area (Å²) in [6, 6.07) is 1.54. The van der Waals surface area contributed by atoms with Gasteiger partial charge in [0, 0.05) is 12.7 Å². The van der Waals surface area contributed by atoms with E-state index in [2.05, 4.69) is 15.7 Å². The molecule has 0 fully saturated rings. The molecule has 0 aliphatic rings. The van der Waals surface area contributed by atoms with Crippen LogP contribution < -0.4 is 22.3 Å². The van der Waals surface area contributed by atoms with Gasteiger partial charge in [-0.2, -0.15) is 0 Å². The minimum absolute atomic E-state index is 0.166. The van der Waals surface area contributed by atoms with Gasteiger partial charge in [-0.05, 0) is 6.07 Å². The number of carbonyl (C=O) groups excluding carboxylic acids is 2. The normalized spacial score (nSPS) is 9.83. The van der Waals surface area contributed by atoms with E-state index in [0.717, 1.165) is 0 Å². The molecule has 18 heavy (non-hydrogen) atoms. The molecule has 1 heterocycles. The van der Waals surface area contributed by atoms with Gasteiger partial charge < -0.3 is 21.2 Å². The SMILES string of the molecule is NNc1cnccc1C(=O)NCCOCC(N)=O. The van der Waals surface area contributed by atoms with Gasteiger partial charge in [0.15, 0.2) is 0 Å². The van der Waals surface area contributed by atoms with Gasteiger partial charge in [0.25, 0.3) is 5.91 Å². The lowest BCUT2D eigenvalue weighted by Gasteiger charge is -2.08. The van der Waals surface area contributed by atoms with Crippen molar-refractivity contribution in [2.75, 3.05) is 25.2 Å². The molecule has 0 saturated heterocycles. The molecule has 8 heteroatoms. The second kappa shape index (κ2) is 7.20. The van der Waals surface area contributed by atoms with Crippen LogP contribution in [-0.4, -0.2) is 36.6 Å². The molecular formula is C10H15N5O3. The van der Waals surface area contributed by atoms with Crippen LogP contribution in [0.4, 0.5) is 5.69 Å². The molecule has 0 bridgehead atoms. The van der Waals surface area contributed by atoms with Gasteiger partial charge in [0.1, 0.15) is 6.61 Å². The monoisotopic (exact) mass is 253 g/mol. The molecule has 6 N–H and O–H groups in total. The second-order valence-electron chi connectivity index (χ2n) is 3.34. The van der Waals surface area contributed by atoms with Crippen molar-refractivity contribution in [2.45, 2.75) is 0 Å².